The molecule has 1 atom stereocenters. The molecule has 1 aromatic carbocycles. The first-order valence-electron chi connectivity index (χ1n) is 6.19. The lowest BCUT2D eigenvalue weighted by Gasteiger charge is -2.21. The summed E-state index contributed by atoms with van der Waals surface area (Å²) in [6.45, 7) is 0.471. The van der Waals surface area contributed by atoms with E-state index in [9.17, 15) is 13.6 Å². The molecule has 6 nitrogen and oxygen atoms in total. The number of nitrogens with two attached hydrogens (primary N) is 1. The van der Waals surface area contributed by atoms with Crippen LogP contribution in [0.5, 0.6) is 5.75 Å². The van der Waals surface area contributed by atoms with Crippen LogP contribution in [0.15, 0.2) is 29.4 Å². The second kappa shape index (κ2) is 7.41. The fourth-order valence-corrected chi connectivity index (χ4v) is 1.72. The number of hydrogen-bond donors (Lipinski definition) is 3. The SMILES string of the molecule is CC(C)C(NC(=O)c1ccccc1OC(F)F)C(N)=NO. The van der Waals surface area contributed by atoms with Gasteiger partial charge in [0, 0.05) is 0 Å². The number of carbonyl (C=O) groups is 1. The van der Waals surface area contributed by atoms with Crippen molar-refractivity contribution in [2.45, 2.75) is 26.5 Å². The monoisotopic (exact) mass is 301 g/mol. The van der Waals surface area contributed by atoms with Gasteiger partial charge in [0.05, 0.1) is 11.6 Å². The van der Waals surface area contributed by atoms with Crippen molar-refractivity contribution < 1.29 is 23.5 Å². The summed E-state index contributed by atoms with van der Waals surface area (Å²) in [5.74, 6) is -1.23. The number of benzene rings is 1. The molecule has 21 heavy (non-hydrogen) atoms. The van der Waals surface area contributed by atoms with Gasteiger partial charge in [-0.25, -0.2) is 0 Å². The van der Waals surface area contributed by atoms with E-state index in [-0.39, 0.29) is 23.1 Å². The number of rotatable bonds is 6. The van der Waals surface area contributed by atoms with E-state index in [2.05, 4.69) is 15.2 Å². The van der Waals surface area contributed by atoms with Crippen molar-refractivity contribution in [3.8, 4) is 5.75 Å². The van der Waals surface area contributed by atoms with Gasteiger partial charge in [-0.1, -0.05) is 31.1 Å². The molecule has 1 amide bonds. The number of para-hydroxylation sites is 1. The number of halogens is 2. The maximum atomic E-state index is 12.3. The highest BCUT2D eigenvalue weighted by Crippen LogP contribution is 2.20. The largest absolute Gasteiger partial charge is 0.434 e. The fourth-order valence-electron chi connectivity index (χ4n) is 1.72. The molecule has 4 N–H and O–H groups in total. The first kappa shape index (κ1) is 16.7. The first-order chi connectivity index (χ1) is 9.86. The highest BCUT2D eigenvalue weighted by atomic mass is 19.3. The third kappa shape index (κ3) is 4.59. The summed E-state index contributed by atoms with van der Waals surface area (Å²) in [7, 11) is 0. The normalized spacial score (nSPS) is 13.3. The van der Waals surface area contributed by atoms with Crippen LogP contribution in [-0.2, 0) is 0 Å². The molecule has 0 aliphatic carbocycles. The van der Waals surface area contributed by atoms with Crippen molar-refractivity contribution in [2.75, 3.05) is 0 Å². The van der Waals surface area contributed by atoms with E-state index in [1.54, 1.807) is 13.8 Å². The summed E-state index contributed by atoms with van der Waals surface area (Å²) >= 11 is 0. The zero-order valence-electron chi connectivity index (χ0n) is 11.6. The van der Waals surface area contributed by atoms with Gasteiger partial charge in [0.1, 0.15) is 5.75 Å². The third-order valence-corrected chi connectivity index (χ3v) is 2.74. The van der Waals surface area contributed by atoms with Crippen molar-refractivity contribution in [3.05, 3.63) is 29.8 Å². The predicted molar refractivity (Wildman–Crippen MR) is 72.6 cm³/mol. The van der Waals surface area contributed by atoms with Crippen molar-refractivity contribution in [3.63, 3.8) is 0 Å². The Morgan fingerprint density at radius 3 is 2.52 bits per heavy atom. The van der Waals surface area contributed by atoms with E-state index in [4.69, 9.17) is 10.9 Å². The molecule has 0 radical (unpaired) electrons. The summed E-state index contributed by atoms with van der Waals surface area (Å²) in [6.07, 6.45) is 0. The second-order valence-corrected chi connectivity index (χ2v) is 4.59. The molecule has 116 valence electrons. The highest BCUT2D eigenvalue weighted by Gasteiger charge is 2.23. The fraction of sp³-hybridized carbons (Fsp3) is 0.385. The predicted octanol–water partition coefficient (Wildman–Crippen LogP) is 1.79. The maximum Gasteiger partial charge on any atom is 0.387 e. The zero-order chi connectivity index (χ0) is 16.0. The van der Waals surface area contributed by atoms with Gasteiger partial charge in [-0.05, 0) is 18.1 Å². The van der Waals surface area contributed by atoms with Gasteiger partial charge in [0.25, 0.3) is 5.91 Å². The van der Waals surface area contributed by atoms with E-state index in [1.165, 1.54) is 24.3 Å². The first-order valence-corrected chi connectivity index (χ1v) is 6.19. The van der Waals surface area contributed by atoms with Gasteiger partial charge in [-0.2, -0.15) is 8.78 Å². The quantitative estimate of drug-likeness (QED) is 0.323. The summed E-state index contributed by atoms with van der Waals surface area (Å²) in [4.78, 5) is 12.2. The van der Waals surface area contributed by atoms with Crippen molar-refractivity contribution in [2.24, 2.45) is 16.8 Å². The lowest BCUT2D eigenvalue weighted by Crippen LogP contribution is -2.47. The van der Waals surface area contributed by atoms with Gasteiger partial charge in [-0.15, -0.1) is 0 Å². The molecule has 0 fully saturated rings. The Morgan fingerprint density at radius 2 is 2.00 bits per heavy atom. The average Bonchev–Trinajstić information content (AvgIpc) is 2.43. The van der Waals surface area contributed by atoms with Gasteiger partial charge in [0.2, 0.25) is 0 Å². The average molecular weight is 301 g/mol. The second-order valence-electron chi connectivity index (χ2n) is 4.59. The Bertz CT molecular complexity index is 521. The summed E-state index contributed by atoms with van der Waals surface area (Å²) in [5.41, 5.74) is 5.44. The number of nitrogens with zero attached hydrogens (tertiary/aromatic N) is 1. The van der Waals surface area contributed by atoms with Gasteiger partial charge in [-0.3, -0.25) is 4.79 Å². The lowest BCUT2D eigenvalue weighted by molar-refractivity contribution is -0.0501. The Balaban J connectivity index is 2.98. The smallest absolute Gasteiger partial charge is 0.387 e. The summed E-state index contributed by atoms with van der Waals surface area (Å²) in [6, 6.07) is 4.85. The van der Waals surface area contributed by atoms with E-state index < -0.39 is 18.6 Å². The zero-order valence-corrected chi connectivity index (χ0v) is 11.6. The molecular weight excluding hydrogens is 284 g/mol. The van der Waals surface area contributed by atoms with Crippen LogP contribution >= 0.6 is 0 Å². The number of amidine groups is 1. The molecule has 1 aromatic rings. The van der Waals surface area contributed by atoms with Crippen molar-refractivity contribution >= 4 is 11.7 Å². The van der Waals surface area contributed by atoms with Crippen LogP contribution < -0.4 is 15.8 Å². The van der Waals surface area contributed by atoms with Crippen LogP contribution in [-0.4, -0.2) is 29.6 Å². The number of alkyl halides is 2. The molecule has 0 saturated heterocycles. The molecule has 8 heteroatoms. The Hall–Kier alpha value is -2.38. The van der Waals surface area contributed by atoms with E-state index in [0.717, 1.165) is 0 Å². The van der Waals surface area contributed by atoms with Crippen LogP contribution in [0.25, 0.3) is 0 Å². The number of oxime groups is 1. The van der Waals surface area contributed by atoms with Crippen molar-refractivity contribution in [1.82, 2.24) is 5.32 Å². The molecular formula is C13H17F2N3O3. The number of hydrogen-bond acceptors (Lipinski definition) is 4. The van der Waals surface area contributed by atoms with Gasteiger partial charge < -0.3 is 21.0 Å². The number of amides is 1. The summed E-state index contributed by atoms with van der Waals surface area (Å²) in [5, 5.41) is 14.1. The minimum Gasteiger partial charge on any atom is -0.434 e. The number of nitrogens with one attached hydrogen (secondary N) is 1. The molecule has 0 bridgehead atoms. The van der Waals surface area contributed by atoms with Crippen LogP contribution in [0.2, 0.25) is 0 Å². The Kier molecular flexibility index (Phi) is 5.89. The third-order valence-electron chi connectivity index (χ3n) is 2.74. The topological polar surface area (TPSA) is 96.9 Å². The Morgan fingerprint density at radius 1 is 1.38 bits per heavy atom. The highest BCUT2D eigenvalue weighted by molar-refractivity contribution is 6.00. The van der Waals surface area contributed by atoms with E-state index >= 15 is 0 Å². The maximum absolute atomic E-state index is 12.3. The van der Waals surface area contributed by atoms with Gasteiger partial charge >= 0.3 is 6.61 Å². The molecule has 0 aliphatic rings. The molecule has 0 heterocycles. The molecule has 0 saturated carbocycles. The van der Waals surface area contributed by atoms with E-state index in [0.29, 0.717) is 0 Å². The molecule has 0 aliphatic heterocycles. The lowest BCUT2D eigenvalue weighted by atomic mass is 10.0. The molecule has 1 unspecified atom stereocenters. The van der Waals surface area contributed by atoms with Crippen LogP contribution in [0, 0.1) is 5.92 Å². The minimum absolute atomic E-state index is 0.0609. The Labute approximate surface area is 120 Å². The van der Waals surface area contributed by atoms with E-state index in [1.807, 2.05) is 0 Å². The van der Waals surface area contributed by atoms with Crippen LogP contribution in [0.3, 0.4) is 0 Å². The van der Waals surface area contributed by atoms with Crippen LogP contribution in [0.1, 0.15) is 24.2 Å². The molecule has 1 rings (SSSR count). The van der Waals surface area contributed by atoms with Crippen LogP contribution in [0.4, 0.5) is 8.78 Å². The molecule has 0 aromatic heterocycles. The summed E-state index contributed by atoms with van der Waals surface area (Å²) < 4.78 is 28.9. The minimum atomic E-state index is -3.04. The van der Waals surface area contributed by atoms with Gasteiger partial charge in [0.15, 0.2) is 5.84 Å². The molecule has 0 spiro atoms. The number of ether oxygens (including phenoxy) is 1. The van der Waals surface area contributed by atoms with Crippen molar-refractivity contribution in [1.29, 1.82) is 0 Å². The number of carbonyl (C=O) groups excluding carboxylic acids is 1. The standard InChI is InChI=1S/C13H17F2N3O3/c1-7(2)10(11(16)18-20)17-12(19)8-5-3-4-6-9(8)21-13(14)15/h3-7,10,13,20H,1-2H3,(H2,16,18)(H,17,19).